The maximum absolute atomic E-state index is 10.3. The van der Waals surface area contributed by atoms with Crippen LogP contribution in [0.5, 0.6) is 0 Å². The van der Waals surface area contributed by atoms with Crippen LogP contribution in [0.4, 0.5) is 0 Å². The first kappa shape index (κ1) is 8.08. The molecular weight excluding hydrogens is 114 g/mol. The zero-order valence-corrected chi connectivity index (χ0v) is 6.01. The van der Waals surface area contributed by atoms with Crippen LogP contribution in [0.15, 0.2) is 17.1 Å². The molecule has 0 spiro atoms. The first-order valence-corrected chi connectivity index (χ1v) is 2.79. The summed E-state index contributed by atoms with van der Waals surface area (Å²) in [4.78, 5) is 14.2. The van der Waals surface area contributed by atoms with Gasteiger partial charge in [0, 0.05) is 12.8 Å². The van der Waals surface area contributed by atoms with Gasteiger partial charge in [0.2, 0.25) is 0 Å². The smallest absolute Gasteiger partial charge is 0.152 e. The number of carbonyl (C=O) groups excluding carboxylic acids is 1. The predicted octanol–water partition coefficient (Wildman–Crippen LogP) is 1.22. The molecule has 0 rings (SSSR count). The lowest BCUT2D eigenvalue weighted by Crippen LogP contribution is -1.86. The molecule has 2 nitrogen and oxygen atoms in total. The molecule has 0 aliphatic rings. The fourth-order valence-electron chi connectivity index (χ4n) is 0.312. The maximum atomic E-state index is 10.3. The summed E-state index contributed by atoms with van der Waals surface area (Å²) < 4.78 is 0. The van der Waals surface area contributed by atoms with E-state index in [4.69, 9.17) is 0 Å². The third-order valence-electron chi connectivity index (χ3n) is 0.912. The standard InChI is InChI=1S/C7H11NO/c1-6(8-3)4-5-7(2)9/h4-5H,1-3H3/b5-4-,8-6?. The van der Waals surface area contributed by atoms with Gasteiger partial charge < -0.3 is 0 Å². The molecule has 0 aromatic rings. The van der Waals surface area contributed by atoms with E-state index in [1.54, 1.807) is 13.1 Å². The first-order valence-electron chi connectivity index (χ1n) is 2.79. The number of hydrogen-bond donors (Lipinski definition) is 0. The third-order valence-corrected chi connectivity index (χ3v) is 0.912. The number of carbonyl (C=O) groups is 1. The van der Waals surface area contributed by atoms with Crippen molar-refractivity contribution in [3.05, 3.63) is 12.2 Å². The van der Waals surface area contributed by atoms with Crippen LogP contribution in [0.2, 0.25) is 0 Å². The van der Waals surface area contributed by atoms with E-state index in [1.807, 2.05) is 6.92 Å². The van der Waals surface area contributed by atoms with Crippen molar-refractivity contribution in [3.8, 4) is 0 Å². The average molecular weight is 125 g/mol. The fourth-order valence-corrected chi connectivity index (χ4v) is 0.312. The van der Waals surface area contributed by atoms with Gasteiger partial charge in [0.25, 0.3) is 0 Å². The zero-order valence-electron chi connectivity index (χ0n) is 6.01. The lowest BCUT2D eigenvalue weighted by molar-refractivity contribution is -0.112. The van der Waals surface area contributed by atoms with Gasteiger partial charge in [0.1, 0.15) is 0 Å². The van der Waals surface area contributed by atoms with Crippen molar-refractivity contribution in [2.24, 2.45) is 4.99 Å². The molecule has 0 N–H and O–H groups in total. The van der Waals surface area contributed by atoms with Gasteiger partial charge >= 0.3 is 0 Å². The third kappa shape index (κ3) is 4.94. The quantitative estimate of drug-likeness (QED) is 0.403. The van der Waals surface area contributed by atoms with Gasteiger partial charge in [-0.05, 0) is 26.0 Å². The second-order valence-electron chi connectivity index (χ2n) is 1.81. The normalized spacial score (nSPS) is 12.6. The van der Waals surface area contributed by atoms with Crippen molar-refractivity contribution in [3.63, 3.8) is 0 Å². The van der Waals surface area contributed by atoms with Crippen molar-refractivity contribution in [2.45, 2.75) is 13.8 Å². The average Bonchev–Trinajstić information content (AvgIpc) is 1.83. The van der Waals surface area contributed by atoms with Crippen LogP contribution in [-0.2, 0) is 4.79 Å². The summed E-state index contributed by atoms with van der Waals surface area (Å²) in [5.74, 6) is 0.0537. The summed E-state index contributed by atoms with van der Waals surface area (Å²) in [6, 6.07) is 0. The number of aliphatic imine (C=N–C) groups is 1. The number of nitrogens with zero attached hydrogens (tertiary/aromatic N) is 1. The van der Waals surface area contributed by atoms with Crippen molar-refractivity contribution in [1.82, 2.24) is 0 Å². The molecule has 2 heteroatoms. The Hall–Kier alpha value is -0.920. The molecule has 0 bridgehead atoms. The molecule has 0 saturated carbocycles. The summed E-state index contributed by atoms with van der Waals surface area (Å²) in [7, 11) is 1.69. The molecule has 0 aliphatic heterocycles. The van der Waals surface area contributed by atoms with E-state index >= 15 is 0 Å². The second-order valence-corrected chi connectivity index (χ2v) is 1.81. The molecule has 0 aromatic heterocycles. The maximum Gasteiger partial charge on any atom is 0.152 e. The molecule has 0 aliphatic carbocycles. The molecule has 0 amide bonds. The molecule has 0 unspecified atom stereocenters. The van der Waals surface area contributed by atoms with Crippen LogP contribution in [0, 0.1) is 0 Å². The highest BCUT2D eigenvalue weighted by molar-refractivity contribution is 5.99. The lowest BCUT2D eigenvalue weighted by Gasteiger charge is -1.83. The van der Waals surface area contributed by atoms with E-state index in [2.05, 4.69) is 4.99 Å². The topological polar surface area (TPSA) is 29.4 Å². The van der Waals surface area contributed by atoms with E-state index in [1.165, 1.54) is 13.0 Å². The molecular formula is C7H11NO. The Kier molecular flexibility index (Phi) is 3.60. The molecule has 0 aromatic carbocycles. The SMILES string of the molecule is CN=C(C)/C=C\C(C)=O. The fraction of sp³-hybridized carbons (Fsp3) is 0.429. The Bertz CT molecular complexity index is 156. The Morgan fingerprint density at radius 3 is 2.22 bits per heavy atom. The second kappa shape index (κ2) is 4.01. The number of ketones is 1. The minimum Gasteiger partial charge on any atom is -0.295 e. The molecule has 0 atom stereocenters. The largest absolute Gasteiger partial charge is 0.295 e. The van der Waals surface area contributed by atoms with E-state index in [-0.39, 0.29) is 5.78 Å². The summed E-state index contributed by atoms with van der Waals surface area (Å²) in [6.07, 6.45) is 3.20. The van der Waals surface area contributed by atoms with Crippen molar-refractivity contribution in [1.29, 1.82) is 0 Å². The van der Waals surface area contributed by atoms with Gasteiger partial charge in [-0.1, -0.05) is 0 Å². The molecule has 9 heavy (non-hydrogen) atoms. The van der Waals surface area contributed by atoms with Gasteiger partial charge in [0.05, 0.1) is 0 Å². The van der Waals surface area contributed by atoms with Crippen LogP contribution in [0.1, 0.15) is 13.8 Å². The monoisotopic (exact) mass is 125 g/mol. The highest BCUT2D eigenvalue weighted by Crippen LogP contribution is 1.79. The van der Waals surface area contributed by atoms with E-state index in [9.17, 15) is 4.79 Å². The predicted molar refractivity (Wildman–Crippen MR) is 38.9 cm³/mol. The van der Waals surface area contributed by atoms with Crippen molar-refractivity contribution >= 4 is 11.5 Å². The van der Waals surface area contributed by atoms with Crippen LogP contribution < -0.4 is 0 Å². The summed E-state index contributed by atoms with van der Waals surface area (Å²) in [5.41, 5.74) is 0.866. The minimum absolute atomic E-state index is 0.0537. The van der Waals surface area contributed by atoms with E-state index < -0.39 is 0 Å². The highest BCUT2D eigenvalue weighted by atomic mass is 16.1. The van der Waals surface area contributed by atoms with Gasteiger partial charge in [0.15, 0.2) is 5.78 Å². The lowest BCUT2D eigenvalue weighted by atomic mass is 10.3. The number of allylic oxidation sites excluding steroid dienone is 2. The van der Waals surface area contributed by atoms with Gasteiger partial charge in [-0.15, -0.1) is 0 Å². The molecule has 0 heterocycles. The van der Waals surface area contributed by atoms with Crippen LogP contribution in [0.25, 0.3) is 0 Å². The summed E-state index contributed by atoms with van der Waals surface area (Å²) in [5, 5.41) is 0. The van der Waals surface area contributed by atoms with Gasteiger partial charge in [-0.2, -0.15) is 0 Å². The number of rotatable bonds is 2. The summed E-state index contributed by atoms with van der Waals surface area (Å²) >= 11 is 0. The highest BCUT2D eigenvalue weighted by Gasteiger charge is 1.81. The van der Waals surface area contributed by atoms with Gasteiger partial charge in [-0.3, -0.25) is 9.79 Å². The number of hydrogen-bond acceptors (Lipinski definition) is 2. The Morgan fingerprint density at radius 2 is 1.89 bits per heavy atom. The van der Waals surface area contributed by atoms with Crippen LogP contribution in [-0.4, -0.2) is 18.5 Å². The minimum atomic E-state index is 0.0537. The van der Waals surface area contributed by atoms with Crippen molar-refractivity contribution < 1.29 is 4.79 Å². The Labute approximate surface area is 55.3 Å². The van der Waals surface area contributed by atoms with Crippen molar-refractivity contribution in [2.75, 3.05) is 7.05 Å². The zero-order chi connectivity index (χ0) is 7.28. The van der Waals surface area contributed by atoms with E-state index in [0.29, 0.717) is 0 Å². The summed E-state index contributed by atoms with van der Waals surface area (Å²) in [6.45, 7) is 3.36. The first-order chi connectivity index (χ1) is 4.16. The van der Waals surface area contributed by atoms with Crippen LogP contribution in [0.3, 0.4) is 0 Å². The van der Waals surface area contributed by atoms with Gasteiger partial charge in [-0.25, -0.2) is 0 Å². The Balaban J connectivity index is 3.86. The van der Waals surface area contributed by atoms with Crippen LogP contribution >= 0.6 is 0 Å². The molecule has 50 valence electrons. The Morgan fingerprint density at radius 1 is 1.33 bits per heavy atom. The molecule has 0 radical (unpaired) electrons. The molecule has 0 saturated heterocycles. The van der Waals surface area contributed by atoms with E-state index in [0.717, 1.165) is 5.71 Å². The molecule has 0 fully saturated rings.